The Labute approximate surface area is 99.1 Å². The molecule has 0 fully saturated rings. The molecule has 0 unspecified atom stereocenters. The van der Waals surface area contributed by atoms with Gasteiger partial charge in [-0.1, -0.05) is 6.07 Å². The number of hydrogen-bond acceptors (Lipinski definition) is 2. The van der Waals surface area contributed by atoms with Crippen molar-refractivity contribution in [3.05, 3.63) is 65.7 Å². The lowest BCUT2D eigenvalue weighted by molar-refractivity contribution is 0.0983. The number of aryl methyl sites for hydroxylation is 1. The molecule has 0 atom stereocenters. The second kappa shape index (κ2) is 5.34. The van der Waals surface area contributed by atoms with Gasteiger partial charge in [-0.05, 0) is 42.3 Å². The number of nitrogens with zero attached hydrogens (tertiary/aromatic N) is 1. The SMILES string of the molecule is O=C(CCc1cccnc1)c1ccc(F)cc1. The number of Topliss-reactive ketones (excluding diaryl/α,β-unsaturated/α-hetero) is 1. The molecular formula is C14H12FNO. The Morgan fingerprint density at radius 2 is 1.94 bits per heavy atom. The minimum atomic E-state index is -0.325. The number of ketones is 1. The average molecular weight is 229 g/mol. The van der Waals surface area contributed by atoms with Crippen LogP contribution in [0.15, 0.2) is 48.8 Å². The molecule has 0 bridgehead atoms. The van der Waals surface area contributed by atoms with Crippen LogP contribution in [0.4, 0.5) is 4.39 Å². The van der Waals surface area contributed by atoms with Crippen molar-refractivity contribution >= 4 is 5.78 Å². The zero-order valence-corrected chi connectivity index (χ0v) is 9.27. The summed E-state index contributed by atoms with van der Waals surface area (Å²) in [6, 6.07) is 9.42. The van der Waals surface area contributed by atoms with Gasteiger partial charge in [-0.2, -0.15) is 0 Å². The van der Waals surface area contributed by atoms with Crippen molar-refractivity contribution in [1.29, 1.82) is 0 Å². The standard InChI is InChI=1S/C14H12FNO/c15-13-6-4-12(5-7-13)14(17)8-3-11-2-1-9-16-10-11/h1-2,4-7,9-10H,3,8H2. The van der Waals surface area contributed by atoms with Crippen LogP contribution in [0.5, 0.6) is 0 Å². The number of rotatable bonds is 4. The monoisotopic (exact) mass is 229 g/mol. The van der Waals surface area contributed by atoms with Crippen LogP contribution in [0.3, 0.4) is 0 Å². The first-order valence-corrected chi connectivity index (χ1v) is 5.43. The molecule has 3 heteroatoms. The van der Waals surface area contributed by atoms with Gasteiger partial charge in [0.25, 0.3) is 0 Å². The molecule has 17 heavy (non-hydrogen) atoms. The van der Waals surface area contributed by atoms with E-state index in [0.717, 1.165) is 5.56 Å². The van der Waals surface area contributed by atoms with Crippen LogP contribution in [0.1, 0.15) is 22.3 Å². The van der Waals surface area contributed by atoms with Gasteiger partial charge in [-0.15, -0.1) is 0 Å². The molecule has 0 saturated carbocycles. The molecule has 0 aliphatic carbocycles. The maximum absolute atomic E-state index is 12.7. The van der Waals surface area contributed by atoms with Crippen LogP contribution in [-0.2, 0) is 6.42 Å². The van der Waals surface area contributed by atoms with Crippen molar-refractivity contribution in [2.24, 2.45) is 0 Å². The second-order valence-corrected chi connectivity index (χ2v) is 3.79. The average Bonchev–Trinajstić information content (AvgIpc) is 2.38. The largest absolute Gasteiger partial charge is 0.294 e. The first-order valence-electron chi connectivity index (χ1n) is 5.43. The molecule has 2 aromatic rings. The Morgan fingerprint density at radius 1 is 1.18 bits per heavy atom. The summed E-state index contributed by atoms with van der Waals surface area (Å²) in [5.74, 6) is -0.303. The van der Waals surface area contributed by atoms with E-state index in [2.05, 4.69) is 4.98 Å². The number of halogens is 1. The van der Waals surface area contributed by atoms with E-state index in [-0.39, 0.29) is 11.6 Å². The molecule has 1 aromatic carbocycles. The van der Waals surface area contributed by atoms with Gasteiger partial charge < -0.3 is 0 Å². The lowest BCUT2D eigenvalue weighted by atomic mass is 10.0. The quantitative estimate of drug-likeness (QED) is 0.754. The summed E-state index contributed by atoms with van der Waals surface area (Å²) in [5, 5.41) is 0. The number of hydrogen-bond donors (Lipinski definition) is 0. The molecule has 86 valence electrons. The first-order chi connectivity index (χ1) is 8.25. The third-order valence-corrected chi connectivity index (χ3v) is 2.53. The highest BCUT2D eigenvalue weighted by Gasteiger charge is 2.06. The Balaban J connectivity index is 1.96. The van der Waals surface area contributed by atoms with Crippen molar-refractivity contribution in [2.45, 2.75) is 12.8 Å². The minimum absolute atomic E-state index is 0.0221. The molecule has 1 heterocycles. The van der Waals surface area contributed by atoms with Gasteiger partial charge in [0, 0.05) is 24.4 Å². The summed E-state index contributed by atoms with van der Waals surface area (Å²) < 4.78 is 12.7. The molecule has 0 spiro atoms. The maximum Gasteiger partial charge on any atom is 0.163 e. The molecule has 0 saturated heterocycles. The second-order valence-electron chi connectivity index (χ2n) is 3.79. The fraction of sp³-hybridized carbons (Fsp3) is 0.143. The van der Waals surface area contributed by atoms with E-state index in [1.54, 1.807) is 12.4 Å². The molecular weight excluding hydrogens is 217 g/mol. The molecule has 0 amide bonds. The van der Waals surface area contributed by atoms with E-state index in [1.807, 2.05) is 12.1 Å². The number of benzene rings is 1. The van der Waals surface area contributed by atoms with E-state index in [4.69, 9.17) is 0 Å². The van der Waals surface area contributed by atoms with Crippen LogP contribution in [0.2, 0.25) is 0 Å². The van der Waals surface area contributed by atoms with Crippen LogP contribution in [0, 0.1) is 5.82 Å². The highest BCUT2D eigenvalue weighted by molar-refractivity contribution is 5.96. The molecule has 0 N–H and O–H groups in total. The summed E-state index contributed by atoms with van der Waals surface area (Å²) in [6.07, 6.45) is 4.52. The molecule has 0 aliphatic heterocycles. The Morgan fingerprint density at radius 3 is 2.59 bits per heavy atom. The summed E-state index contributed by atoms with van der Waals surface area (Å²) >= 11 is 0. The Bertz CT molecular complexity index is 493. The van der Waals surface area contributed by atoms with Gasteiger partial charge in [-0.25, -0.2) is 4.39 Å². The molecule has 0 aliphatic rings. The van der Waals surface area contributed by atoms with Gasteiger partial charge in [0.2, 0.25) is 0 Å². The number of carbonyl (C=O) groups excluding carboxylic acids is 1. The molecule has 0 radical (unpaired) electrons. The Hall–Kier alpha value is -2.03. The number of carbonyl (C=O) groups is 1. The topological polar surface area (TPSA) is 30.0 Å². The highest BCUT2D eigenvalue weighted by atomic mass is 19.1. The van der Waals surface area contributed by atoms with E-state index >= 15 is 0 Å². The predicted molar refractivity (Wildman–Crippen MR) is 63.3 cm³/mol. The fourth-order valence-electron chi connectivity index (χ4n) is 1.58. The number of pyridine rings is 1. The summed E-state index contributed by atoms with van der Waals surface area (Å²) in [7, 11) is 0. The van der Waals surface area contributed by atoms with Crippen LogP contribution >= 0.6 is 0 Å². The normalized spacial score (nSPS) is 10.2. The summed E-state index contributed by atoms with van der Waals surface area (Å²) in [6.45, 7) is 0. The third kappa shape index (κ3) is 3.21. The highest BCUT2D eigenvalue weighted by Crippen LogP contribution is 2.08. The minimum Gasteiger partial charge on any atom is -0.294 e. The first kappa shape index (κ1) is 11.5. The molecule has 2 nitrogen and oxygen atoms in total. The van der Waals surface area contributed by atoms with Gasteiger partial charge in [0.15, 0.2) is 5.78 Å². The van der Waals surface area contributed by atoms with Crippen LogP contribution in [-0.4, -0.2) is 10.8 Å². The summed E-state index contributed by atoms with van der Waals surface area (Å²) in [4.78, 5) is 15.8. The predicted octanol–water partition coefficient (Wildman–Crippen LogP) is 3.04. The zero-order valence-electron chi connectivity index (χ0n) is 9.27. The van der Waals surface area contributed by atoms with Crippen molar-refractivity contribution < 1.29 is 9.18 Å². The van der Waals surface area contributed by atoms with Gasteiger partial charge in [0.1, 0.15) is 5.82 Å². The third-order valence-electron chi connectivity index (χ3n) is 2.53. The lowest BCUT2D eigenvalue weighted by Crippen LogP contribution is -2.01. The van der Waals surface area contributed by atoms with E-state index in [0.29, 0.717) is 18.4 Å². The van der Waals surface area contributed by atoms with E-state index < -0.39 is 0 Å². The molecule has 1 aromatic heterocycles. The number of aromatic nitrogens is 1. The van der Waals surface area contributed by atoms with E-state index in [1.165, 1.54) is 24.3 Å². The lowest BCUT2D eigenvalue weighted by Gasteiger charge is -2.01. The zero-order chi connectivity index (χ0) is 12.1. The van der Waals surface area contributed by atoms with E-state index in [9.17, 15) is 9.18 Å². The molecule has 2 rings (SSSR count). The summed E-state index contributed by atoms with van der Waals surface area (Å²) in [5.41, 5.74) is 1.58. The van der Waals surface area contributed by atoms with Gasteiger partial charge in [-0.3, -0.25) is 9.78 Å². The van der Waals surface area contributed by atoms with Crippen molar-refractivity contribution in [1.82, 2.24) is 4.98 Å². The fourth-order valence-corrected chi connectivity index (χ4v) is 1.58. The van der Waals surface area contributed by atoms with Crippen LogP contribution in [0.25, 0.3) is 0 Å². The van der Waals surface area contributed by atoms with Crippen molar-refractivity contribution in [3.8, 4) is 0 Å². The smallest absolute Gasteiger partial charge is 0.163 e. The Kier molecular flexibility index (Phi) is 3.60. The van der Waals surface area contributed by atoms with Crippen molar-refractivity contribution in [2.75, 3.05) is 0 Å². The van der Waals surface area contributed by atoms with Gasteiger partial charge in [0.05, 0.1) is 0 Å². The maximum atomic E-state index is 12.7. The van der Waals surface area contributed by atoms with Gasteiger partial charge >= 0.3 is 0 Å². The van der Waals surface area contributed by atoms with Crippen LogP contribution < -0.4 is 0 Å². The van der Waals surface area contributed by atoms with Crippen molar-refractivity contribution in [3.63, 3.8) is 0 Å².